The standard InChI is InChI=1S/C18H20ClN3OS/c19-16-5-4-15(24-16)12-21-9-6-18(13-21)7-10-22(17(18)23)11-14-3-1-2-8-20-14/h1-5,8H,6-7,9-13H2. The maximum atomic E-state index is 13.0. The molecular weight excluding hydrogens is 342 g/mol. The monoisotopic (exact) mass is 361 g/mol. The van der Waals surface area contributed by atoms with E-state index in [-0.39, 0.29) is 5.41 Å². The van der Waals surface area contributed by atoms with Gasteiger partial charge in [0.2, 0.25) is 5.91 Å². The second-order valence-electron chi connectivity index (χ2n) is 6.74. The third-order valence-corrected chi connectivity index (χ3v) is 6.34. The molecule has 2 saturated heterocycles. The molecule has 6 heteroatoms. The number of amides is 1. The van der Waals surface area contributed by atoms with Gasteiger partial charge in [-0.3, -0.25) is 14.7 Å². The third kappa shape index (κ3) is 3.08. The molecular formula is C18H20ClN3OS. The largest absolute Gasteiger partial charge is 0.336 e. The van der Waals surface area contributed by atoms with Crippen LogP contribution >= 0.6 is 22.9 Å². The highest BCUT2D eigenvalue weighted by Gasteiger charge is 2.50. The number of aromatic nitrogens is 1. The molecule has 0 radical (unpaired) electrons. The van der Waals surface area contributed by atoms with E-state index >= 15 is 0 Å². The Morgan fingerprint density at radius 1 is 1.17 bits per heavy atom. The van der Waals surface area contributed by atoms with E-state index in [0.717, 1.165) is 49.1 Å². The Balaban J connectivity index is 1.40. The number of carbonyl (C=O) groups is 1. The van der Waals surface area contributed by atoms with Gasteiger partial charge in [-0.1, -0.05) is 17.7 Å². The normalized spacial score (nSPS) is 24.4. The molecule has 4 heterocycles. The predicted molar refractivity (Wildman–Crippen MR) is 95.9 cm³/mol. The van der Waals surface area contributed by atoms with E-state index in [1.54, 1.807) is 17.5 Å². The fraction of sp³-hybridized carbons (Fsp3) is 0.444. The van der Waals surface area contributed by atoms with Crippen molar-refractivity contribution in [2.24, 2.45) is 5.41 Å². The molecule has 126 valence electrons. The summed E-state index contributed by atoms with van der Waals surface area (Å²) < 4.78 is 0.831. The van der Waals surface area contributed by atoms with Gasteiger partial charge in [-0.15, -0.1) is 11.3 Å². The van der Waals surface area contributed by atoms with Crippen LogP contribution in [0.2, 0.25) is 4.34 Å². The summed E-state index contributed by atoms with van der Waals surface area (Å²) in [4.78, 5) is 23.0. The summed E-state index contributed by atoms with van der Waals surface area (Å²) in [7, 11) is 0. The van der Waals surface area contributed by atoms with Crippen LogP contribution in [0.5, 0.6) is 0 Å². The van der Waals surface area contributed by atoms with Gasteiger partial charge in [-0.25, -0.2) is 0 Å². The Morgan fingerprint density at radius 2 is 2.04 bits per heavy atom. The Labute approximate surface area is 151 Å². The number of carbonyl (C=O) groups excluding carboxylic acids is 1. The van der Waals surface area contributed by atoms with Crippen LogP contribution in [-0.4, -0.2) is 40.3 Å². The molecule has 24 heavy (non-hydrogen) atoms. The highest BCUT2D eigenvalue weighted by atomic mass is 35.5. The van der Waals surface area contributed by atoms with Gasteiger partial charge in [0.25, 0.3) is 0 Å². The Bertz CT molecular complexity index is 735. The first-order valence-electron chi connectivity index (χ1n) is 8.31. The fourth-order valence-electron chi connectivity index (χ4n) is 3.86. The first kappa shape index (κ1) is 16.1. The molecule has 1 spiro atoms. The van der Waals surface area contributed by atoms with E-state index in [2.05, 4.69) is 16.0 Å². The van der Waals surface area contributed by atoms with Crippen LogP contribution in [0.3, 0.4) is 0 Å². The topological polar surface area (TPSA) is 36.4 Å². The van der Waals surface area contributed by atoms with E-state index in [1.165, 1.54) is 4.88 Å². The Morgan fingerprint density at radius 3 is 2.79 bits per heavy atom. The van der Waals surface area contributed by atoms with Crippen LogP contribution in [0.15, 0.2) is 36.5 Å². The maximum Gasteiger partial charge on any atom is 0.230 e. The SMILES string of the molecule is O=C1N(Cc2ccccn2)CCC12CCN(Cc1ccc(Cl)s1)C2. The molecule has 1 amide bonds. The minimum atomic E-state index is -0.185. The molecule has 0 bridgehead atoms. The van der Waals surface area contributed by atoms with Crippen LogP contribution in [0.4, 0.5) is 0 Å². The molecule has 2 aliphatic rings. The summed E-state index contributed by atoms with van der Waals surface area (Å²) >= 11 is 7.65. The number of hydrogen-bond donors (Lipinski definition) is 0. The van der Waals surface area contributed by atoms with Crippen LogP contribution < -0.4 is 0 Å². The summed E-state index contributed by atoms with van der Waals surface area (Å²) in [5.74, 6) is 0.305. The van der Waals surface area contributed by atoms with Crippen molar-refractivity contribution < 1.29 is 4.79 Å². The van der Waals surface area contributed by atoms with Crippen molar-refractivity contribution in [1.29, 1.82) is 0 Å². The molecule has 1 unspecified atom stereocenters. The lowest BCUT2D eigenvalue weighted by atomic mass is 9.85. The maximum absolute atomic E-state index is 13.0. The van der Waals surface area contributed by atoms with Crippen molar-refractivity contribution in [3.63, 3.8) is 0 Å². The number of thiophene rings is 1. The van der Waals surface area contributed by atoms with Gasteiger partial charge in [0.15, 0.2) is 0 Å². The molecule has 0 aliphatic carbocycles. The summed E-state index contributed by atoms with van der Waals surface area (Å²) in [6.07, 6.45) is 3.71. The third-order valence-electron chi connectivity index (χ3n) is 5.12. The molecule has 0 N–H and O–H groups in total. The van der Waals surface area contributed by atoms with Gasteiger partial charge < -0.3 is 4.90 Å². The number of hydrogen-bond acceptors (Lipinski definition) is 4. The second kappa shape index (κ2) is 6.47. The molecule has 4 rings (SSSR count). The van der Waals surface area contributed by atoms with E-state index in [4.69, 9.17) is 11.6 Å². The number of likely N-dealkylation sites (tertiary alicyclic amines) is 2. The van der Waals surface area contributed by atoms with Crippen LogP contribution in [0.25, 0.3) is 0 Å². The lowest BCUT2D eigenvalue weighted by Gasteiger charge is -2.23. The van der Waals surface area contributed by atoms with Crippen molar-refractivity contribution in [3.8, 4) is 0 Å². The van der Waals surface area contributed by atoms with Gasteiger partial charge in [-0.05, 0) is 43.7 Å². The minimum absolute atomic E-state index is 0.185. The van der Waals surface area contributed by atoms with Gasteiger partial charge in [-0.2, -0.15) is 0 Å². The molecule has 0 aromatic carbocycles. The second-order valence-corrected chi connectivity index (χ2v) is 8.54. The van der Waals surface area contributed by atoms with E-state index in [1.807, 2.05) is 29.2 Å². The summed E-state index contributed by atoms with van der Waals surface area (Å²) in [5.41, 5.74) is 0.779. The number of rotatable bonds is 4. The summed E-state index contributed by atoms with van der Waals surface area (Å²) in [5, 5.41) is 0. The number of halogens is 1. The number of pyridine rings is 1. The molecule has 4 nitrogen and oxygen atoms in total. The van der Waals surface area contributed by atoms with Crippen molar-refractivity contribution in [1.82, 2.24) is 14.8 Å². The van der Waals surface area contributed by atoms with Crippen molar-refractivity contribution >= 4 is 28.8 Å². The lowest BCUT2D eigenvalue weighted by molar-refractivity contribution is -0.136. The van der Waals surface area contributed by atoms with E-state index in [9.17, 15) is 4.79 Å². The highest BCUT2D eigenvalue weighted by Crippen LogP contribution is 2.41. The van der Waals surface area contributed by atoms with E-state index < -0.39 is 0 Å². The Kier molecular flexibility index (Phi) is 4.33. The van der Waals surface area contributed by atoms with Crippen LogP contribution in [0.1, 0.15) is 23.4 Å². The van der Waals surface area contributed by atoms with Gasteiger partial charge in [0.05, 0.1) is 22.0 Å². The molecule has 1 atom stereocenters. The first-order chi connectivity index (χ1) is 11.6. The van der Waals surface area contributed by atoms with Gasteiger partial charge in [0, 0.05) is 30.7 Å². The molecule has 2 fully saturated rings. The van der Waals surface area contributed by atoms with Gasteiger partial charge >= 0.3 is 0 Å². The smallest absolute Gasteiger partial charge is 0.230 e. The van der Waals surface area contributed by atoms with Crippen molar-refractivity contribution in [3.05, 3.63) is 51.4 Å². The van der Waals surface area contributed by atoms with Crippen molar-refractivity contribution in [2.45, 2.75) is 25.9 Å². The zero-order valence-electron chi connectivity index (χ0n) is 13.4. The van der Waals surface area contributed by atoms with Crippen molar-refractivity contribution in [2.75, 3.05) is 19.6 Å². The van der Waals surface area contributed by atoms with Gasteiger partial charge in [0.1, 0.15) is 0 Å². The van der Waals surface area contributed by atoms with Crippen LogP contribution in [0, 0.1) is 5.41 Å². The first-order valence-corrected chi connectivity index (χ1v) is 9.50. The zero-order chi connectivity index (χ0) is 16.6. The molecule has 2 aromatic heterocycles. The van der Waals surface area contributed by atoms with E-state index in [0.29, 0.717) is 12.5 Å². The molecule has 0 saturated carbocycles. The lowest BCUT2D eigenvalue weighted by Crippen LogP contribution is -2.36. The minimum Gasteiger partial charge on any atom is -0.336 e. The highest BCUT2D eigenvalue weighted by molar-refractivity contribution is 7.16. The van der Waals surface area contributed by atoms with Crippen LogP contribution in [-0.2, 0) is 17.9 Å². The quantitative estimate of drug-likeness (QED) is 0.837. The molecule has 2 aliphatic heterocycles. The Hall–Kier alpha value is -1.43. The fourth-order valence-corrected chi connectivity index (χ4v) is 4.99. The predicted octanol–water partition coefficient (Wildman–Crippen LogP) is 3.42. The average Bonchev–Trinajstić information content (AvgIpc) is 3.26. The summed E-state index contributed by atoms with van der Waals surface area (Å²) in [6.45, 7) is 4.21. The summed E-state index contributed by atoms with van der Waals surface area (Å²) in [6, 6.07) is 9.90. The zero-order valence-corrected chi connectivity index (χ0v) is 15.0. The molecule has 2 aromatic rings. The number of nitrogens with zero attached hydrogens (tertiary/aromatic N) is 3. The average molecular weight is 362 g/mol.